The van der Waals surface area contributed by atoms with Crippen molar-refractivity contribution in [1.82, 2.24) is 0 Å². The highest BCUT2D eigenvalue weighted by molar-refractivity contribution is 6.40. The quantitative estimate of drug-likeness (QED) is 0.447. The van der Waals surface area contributed by atoms with Gasteiger partial charge >= 0.3 is 11.9 Å². The number of hydrogen-bond donors (Lipinski definition) is 0. The lowest BCUT2D eigenvalue weighted by Gasteiger charge is -2.04. The van der Waals surface area contributed by atoms with E-state index in [1.54, 1.807) is 0 Å². The molecule has 0 aromatic heterocycles. The highest BCUT2D eigenvalue weighted by Gasteiger charge is 2.24. The zero-order valence-electron chi connectivity index (χ0n) is 9.15. The lowest BCUT2D eigenvalue weighted by Crippen LogP contribution is -2.18. The summed E-state index contributed by atoms with van der Waals surface area (Å²) in [6, 6.07) is 3.50. The number of rotatable bonds is 3. The van der Waals surface area contributed by atoms with E-state index < -0.39 is 34.7 Å². The Morgan fingerprint density at radius 2 is 1.65 bits per heavy atom. The number of carbonyl (C=O) groups is 3. The average Bonchev–Trinajstić information content (AvgIpc) is 2.36. The summed E-state index contributed by atoms with van der Waals surface area (Å²) in [5.41, 5.74) is -0.943. The zero-order chi connectivity index (χ0) is 13.0. The lowest BCUT2D eigenvalue weighted by atomic mass is 10.1. The van der Waals surface area contributed by atoms with Crippen molar-refractivity contribution in [3.63, 3.8) is 0 Å². The van der Waals surface area contributed by atoms with Crippen LogP contribution in [0.15, 0.2) is 18.2 Å². The molecule has 0 bridgehead atoms. The molecule has 0 unspecified atom stereocenters. The first-order valence-corrected chi connectivity index (χ1v) is 4.52. The smallest absolute Gasteiger partial charge is 0.379 e. The van der Waals surface area contributed by atoms with Crippen molar-refractivity contribution in [1.29, 1.82) is 0 Å². The zero-order valence-corrected chi connectivity index (χ0v) is 9.15. The van der Waals surface area contributed by atoms with Gasteiger partial charge in [-0.3, -0.25) is 4.79 Å². The monoisotopic (exact) mass is 240 g/mol. The second-order valence-corrected chi connectivity index (χ2v) is 2.98. The largest absolute Gasteiger partial charge is 0.465 e. The molecule has 0 saturated heterocycles. The fraction of sp³-hybridized carbons (Fsp3) is 0.182. The lowest BCUT2D eigenvalue weighted by molar-refractivity contribution is -0.135. The van der Waals surface area contributed by atoms with Crippen molar-refractivity contribution in [2.75, 3.05) is 14.2 Å². The molecule has 0 saturated carbocycles. The number of hydrogen-bond acceptors (Lipinski definition) is 5. The van der Waals surface area contributed by atoms with E-state index in [1.807, 2.05) is 0 Å². The molecule has 0 aliphatic carbocycles. The Bertz CT molecular complexity index is 481. The molecule has 0 fully saturated rings. The summed E-state index contributed by atoms with van der Waals surface area (Å²) in [5.74, 6) is -4.39. The Kier molecular flexibility index (Phi) is 3.92. The number of carbonyl (C=O) groups excluding carboxylic acids is 3. The predicted octanol–water partition coefficient (Wildman–Crippen LogP) is 0.968. The molecule has 0 amide bonds. The van der Waals surface area contributed by atoms with Crippen LogP contribution in [0.1, 0.15) is 20.7 Å². The second-order valence-electron chi connectivity index (χ2n) is 2.98. The minimum atomic E-state index is -1.20. The van der Waals surface area contributed by atoms with Gasteiger partial charge < -0.3 is 9.47 Å². The summed E-state index contributed by atoms with van der Waals surface area (Å²) in [6.45, 7) is 0. The topological polar surface area (TPSA) is 69.7 Å². The minimum absolute atomic E-state index is 0.415. The summed E-state index contributed by atoms with van der Waals surface area (Å²) in [7, 11) is 2.08. The van der Waals surface area contributed by atoms with E-state index in [-0.39, 0.29) is 0 Å². The third-order valence-corrected chi connectivity index (χ3v) is 2.02. The molecular formula is C11H9FO5. The summed E-state index contributed by atoms with van der Waals surface area (Å²) >= 11 is 0. The molecule has 90 valence electrons. The Morgan fingerprint density at radius 1 is 1.06 bits per heavy atom. The van der Waals surface area contributed by atoms with E-state index in [2.05, 4.69) is 9.47 Å². The SMILES string of the molecule is COC(=O)C(=O)c1cccc(C(=O)OC)c1F. The Hall–Kier alpha value is -2.24. The number of Topliss-reactive ketones (excluding diaryl/α,β-unsaturated/α-hetero) is 1. The van der Waals surface area contributed by atoms with Gasteiger partial charge in [0.25, 0.3) is 5.78 Å². The van der Waals surface area contributed by atoms with E-state index >= 15 is 0 Å². The first kappa shape index (κ1) is 12.8. The van der Waals surface area contributed by atoms with Crippen LogP contribution in [0, 0.1) is 5.82 Å². The van der Waals surface area contributed by atoms with Crippen LogP contribution in [0.4, 0.5) is 4.39 Å². The molecule has 6 heteroatoms. The van der Waals surface area contributed by atoms with Crippen molar-refractivity contribution in [2.24, 2.45) is 0 Å². The van der Waals surface area contributed by atoms with Crippen LogP contribution in [0.3, 0.4) is 0 Å². The van der Waals surface area contributed by atoms with E-state index in [1.165, 1.54) is 6.07 Å². The second kappa shape index (κ2) is 5.20. The summed E-state index contributed by atoms with van der Waals surface area (Å²) in [6.07, 6.45) is 0. The van der Waals surface area contributed by atoms with Gasteiger partial charge in [0.2, 0.25) is 0 Å². The van der Waals surface area contributed by atoms with E-state index in [9.17, 15) is 18.8 Å². The van der Waals surface area contributed by atoms with E-state index in [4.69, 9.17) is 0 Å². The minimum Gasteiger partial charge on any atom is -0.465 e. The van der Waals surface area contributed by atoms with Crippen molar-refractivity contribution >= 4 is 17.7 Å². The molecule has 0 aliphatic rings. The number of methoxy groups -OCH3 is 2. The van der Waals surface area contributed by atoms with Crippen molar-refractivity contribution in [2.45, 2.75) is 0 Å². The number of ether oxygens (including phenoxy) is 2. The van der Waals surface area contributed by atoms with Gasteiger partial charge in [0.05, 0.1) is 25.3 Å². The molecular weight excluding hydrogens is 231 g/mol. The Balaban J connectivity index is 3.24. The summed E-state index contributed by atoms with van der Waals surface area (Å²) in [4.78, 5) is 33.5. The standard InChI is InChI=1S/C11H9FO5/c1-16-10(14)7-5-3-4-6(8(7)12)9(13)11(15)17-2/h3-5H,1-2H3. The van der Waals surface area contributed by atoms with Crippen LogP contribution in [-0.2, 0) is 14.3 Å². The highest BCUT2D eigenvalue weighted by atomic mass is 19.1. The number of benzene rings is 1. The van der Waals surface area contributed by atoms with Crippen molar-refractivity contribution < 1.29 is 28.2 Å². The first-order chi connectivity index (χ1) is 8.02. The number of halogens is 1. The number of ketones is 1. The van der Waals surface area contributed by atoms with Gasteiger partial charge in [0, 0.05) is 0 Å². The Labute approximate surface area is 96.1 Å². The van der Waals surface area contributed by atoms with E-state index in [0.29, 0.717) is 0 Å². The molecule has 5 nitrogen and oxygen atoms in total. The summed E-state index contributed by atoms with van der Waals surface area (Å²) < 4.78 is 22.2. The van der Waals surface area contributed by atoms with Gasteiger partial charge in [0.15, 0.2) is 0 Å². The van der Waals surface area contributed by atoms with Gasteiger partial charge in [-0.2, -0.15) is 0 Å². The van der Waals surface area contributed by atoms with Gasteiger partial charge in [-0.25, -0.2) is 14.0 Å². The van der Waals surface area contributed by atoms with Gasteiger partial charge in [-0.05, 0) is 12.1 Å². The van der Waals surface area contributed by atoms with Crippen LogP contribution >= 0.6 is 0 Å². The van der Waals surface area contributed by atoms with Gasteiger partial charge in [-0.15, -0.1) is 0 Å². The fourth-order valence-corrected chi connectivity index (χ4v) is 1.18. The average molecular weight is 240 g/mol. The molecule has 1 aromatic rings. The van der Waals surface area contributed by atoms with Gasteiger partial charge in [0.1, 0.15) is 5.82 Å². The molecule has 0 atom stereocenters. The molecule has 0 radical (unpaired) electrons. The van der Waals surface area contributed by atoms with Crippen LogP contribution in [0.25, 0.3) is 0 Å². The number of esters is 2. The third kappa shape index (κ3) is 2.47. The normalized spacial score (nSPS) is 9.59. The third-order valence-electron chi connectivity index (χ3n) is 2.02. The maximum atomic E-state index is 13.7. The first-order valence-electron chi connectivity index (χ1n) is 4.52. The van der Waals surface area contributed by atoms with Crippen LogP contribution in [0.2, 0.25) is 0 Å². The van der Waals surface area contributed by atoms with Crippen molar-refractivity contribution in [3.8, 4) is 0 Å². The maximum absolute atomic E-state index is 13.7. The molecule has 1 aromatic carbocycles. The molecule has 0 heterocycles. The van der Waals surface area contributed by atoms with E-state index in [0.717, 1.165) is 26.4 Å². The molecule has 17 heavy (non-hydrogen) atoms. The fourth-order valence-electron chi connectivity index (χ4n) is 1.18. The molecule has 0 aliphatic heterocycles. The predicted molar refractivity (Wildman–Crippen MR) is 54.1 cm³/mol. The molecule has 0 N–H and O–H groups in total. The van der Waals surface area contributed by atoms with Gasteiger partial charge in [-0.1, -0.05) is 6.07 Å². The van der Waals surface area contributed by atoms with Crippen molar-refractivity contribution in [3.05, 3.63) is 35.1 Å². The van der Waals surface area contributed by atoms with Crippen LogP contribution < -0.4 is 0 Å². The maximum Gasteiger partial charge on any atom is 0.379 e. The molecule has 1 rings (SSSR count). The van der Waals surface area contributed by atoms with Crippen LogP contribution in [-0.4, -0.2) is 31.9 Å². The summed E-state index contributed by atoms with van der Waals surface area (Å²) in [5, 5.41) is 0. The highest BCUT2D eigenvalue weighted by Crippen LogP contribution is 2.15. The Morgan fingerprint density at radius 3 is 2.18 bits per heavy atom. The van der Waals surface area contributed by atoms with Crippen LogP contribution in [0.5, 0.6) is 0 Å². The molecule has 0 spiro atoms.